The Morgan fingerprint density at radius 1 is 0.963 bits per heavy atom. The smallest absolute Gasteiger partial charge is 0.338 e. The highest BCUT2D eigenvalue weighted by molar-refractivity contribution is 7.89. The van der Waals surface area contributed by atoms with Gasteiger partial charge in [0.2, 0.25) is 10.0 Å². The molecule has 1 aliphatic heterocycles. The largest absolute Gasteiger partial charge is 0.461 e. The van der Waals surface area contributed by atoms with Crippen molar-refractivity contribution >= 4 is 27.6 Å². The average Bonchev–Trinajstić information content (AvgIpc) is 2.69. The van der Waals surface area contributed by atoms with Gasteiger partial charge in [-0.3, -0.25) is 4.90 Å². The van der Waals surface area contributed by atoms with Crippen molar-refractivity contribution in [3.8, 4) is 0 Å². The van der Waals surface area contributed by atoms with Crippen molar-refractivity contribution in [1.29, 1.82) is 0 Å². The Morgan fingerprint density at radius 3 is 2.22 bits per heavy atom. The van der Waals surface area contributed by atoms with Crippen LogP contribution in [0.25, 0.3) is 0 Å². The fourth-order valence-electron chi connectivity index (χ4n) is 2.87. The maximum atomic E-state index is 12.6. The van der Waals surface area contributed by atoms with Crippen molar-refractivity contribution < 1.29 is 17.9 Å². The number of halogens is 1. The number of sulfonamides is 1. The summed E-state index contributed by atoms with van der Waals surface area (Å²) in [6, 6.07) is 15.0. The van der Waals surface area contributed by atoms with Crippen molar-refractivity contribution in [2.75, 3.05) is 39.3 Å². The highest BCUT2D eigenvalue weighted by Gasteiger charge is 2.28. The first-order valence-corrected chi connectivity index (χ1v) is 10.5. The number of carbonyl (C=O) groups excluding carboxylic acids is 1. The van der Waals surface area contributed by atoms with Gasteiger partial charge in [-0.05, 0) is 36.4 Å². The second kappa shape index (κ2) is 8.84. The van der Waals surface area contributed by atoms with E-state index < -0.39 is 16.0 Å². The van der Waals surface area contributed by atoms with E-state index in [0.29, 0.717) is 48.2 Å². The van der Waals surface area contributed by atoms with E-state index in [2.05, 4.69) is 4.90 Å². The molecule has 8 heteroatoms. The number of piperazine rings is 1. The zero-order chi connectivity index (χ0) is 19.3. The van der Waals surface area contributed by atoms with Crippen LogP contribution in [0.3, 0.4) is 0 Å². The van der Waals surface area contributed by atoms with Gasteiger partial charge < -0.3 is 4.74 Å². The molecule has 0 unspecified atom stereocenters. The van der Waals surface area contributed by atoms with E-state index in [1.807, 2.05) is 0 Å². The van der Waals surface area contributed by atoms with Crippen LogP contribution in [-0.4, -0.2) is 62.9 Å². The first-order chi connectivity index (χ1) is 13.0. The fraction of sp³-hybridized carbons (Fsp3) is 0.316. The third-order valence-electron chi connectivity index (χ3n) is 4.43. The summed E-state index contributed by atoms with van der Waals surface area (Å²) in [5.41, 5.74) is 0.457. The van der Waals surface area contributed by atoms with Gasteiger partial charge in [-0.2, -0.15) is 4.31 Å². The van der Waals surface area contributed by atoms with Crippen LogP contribution < -0.4 is 0 Å². The summed E-state index contributed by atoms with van der Waals surface area (Å²) in [5.74, 6) is -0.392. The standard InChI is InChI=1S/C19H21ClN2O4S/c20-17-8-6-16(7-9-17)19(23)26-15-14-21-10-12-22(13-11-21)27(24,25)18-4-2-1-3-5-18/h1-9H,10-15H2. The molecule has 0 spiro atoms. The Balaban J connectivity index is 1.44. The van der Waals surface area contributed by atoms with E-state index in [9.17, 15) is 13.2 Å². The summed E-state index contributed by atoms with van der Waals surface area (Å²) in [7, 11) is -3.45. The molecule has 0 aromatic heterocycles. The van der Waals surface area contributed by atoms with Crippen LogP contribution in [0.4, 0.5) is 0 Å². The second-order valence-electron chi connectivity index (χ2n) is 6.20. The number of nitrogens with zero attached hydrogens (tertiary/aromatic N) is 2. The van der Waals surface area contributed by atoms with Crippen LogP contribution >= 0.6 is 11.6 Å². The first kappa shape index (κ1) is 19.8. The molecule has 0 bridgehead atoms. The summed E-state index contributed by atoms with van der Waals surface area (Å²) < 4.78 is 32.0. The molecule has 0 aliphatic carbocycles. The minimum absolute atomic E-state index is 0.257. The number of hydrogen-bond acceptors (Lipinski definition) is 5. The molecule has 27 heavy (non-hydrogen) atoms. The topological polar surface area (TPSA) is 66.9 Å². The fourth-order valence-corrected chi connectivity index (χ4v) is 4.44. The quantitative estimate of drug-likeness (QED) is 0.687. The lowest BCUT2D eigenvalue weighted by Gasteiger charge is -2.33. The lowest BCUT2D eigenvalue weighted by Crippen LogP contribution is -2.49. The number of carbonyl (C=O) groups is 1. The molecule has 0 saturated carbocycles. The molecule has 1 heterocycles. The minimum atomic E-state index is -3.45. The van der Waals surface area contributed by atoms with E-state index in [1.165, 1.54) is 4.31 Å². The minimum Gasteiger partial charge on any atom is -0.461 e. The van der Waals surface area contributed by atoms with Crippen LogP contribution in [-0.2, 0) is 14.8 Å². The average molecular weight is 409 g/mol. The lowest BCUT2D eigenvalue weighted by atomic mass is 10.2. The van der Waals surface area contributed by atoms with Crippen LogP contribution in [0.15, 0.2) is 59.5 Å². The monoisotopic (exact) mass is 408 g/mol. The van der Waals surface area contributed by atoms with Crippen LogP contribution in [0.5, 0.6) is 0 Å². The van der Waals surface area contributed by atoms with E-state index in [4.69, 9.17) is 16.3 Å². The molecular weight excluding hydrogens is 388 g/mol. The van der Waals surface area contributed by atoms with E-state index in [0.717, 1.165) is 0 Å². The van der Waals surface area contributed by atoms with Gasteiger partial charge in [-0.15, -0.1) is 0 Å². The van der Waals surface area contributed by atoms with Gasteiger partial charge in [-0.25, -0.2) is 13.2 Å². The van der Waals surface area contributed by atoms with Crippen molar-refractivity contribution in [2.45, 2.75) is 4.90 Å². The summed E-state index contributed by atoms with van der Waals surface area (Å²) >= 11 is 5.80. The number of ether oxygens (including phenoxy) is 1. The van der Waals surface area contributed by atoms with E-state index >= 15 is 0 Å². The number of benzene rings is 2. The van der Waals surface area contributed by atoms with Gasteiger partial charge in [-0.1, -0.05) is 29.8 Å². The van der Waals surface area contributed by atoms with Gasteiger partial charge in [0, 0.05) is 37.7 Å². The molecule has 0 N–H and O–H groups in total. The maximum Gasteiger partial charge on any atom is 0.338 e. The molecule has 1 aliphatic rings. The van der Waals surface area contributed by atoms with Crippen molar-refractivity contribution in [3.63, 3.8) is 0 Å². The van der Waals surface area contributed by atoms with Gasteiger partial charge in [0.1, 0.15) is 6.61 Å². The Morgan fingerprint density at radius 2 is 1.59 bits per heavy atom. The van der Waals surface area contributed by atoms with Crippen LogP contribution in [0.2, 0.25) is 5.02 Å². The first-order valence-electron chi connectivity index (χ1n) is 8.67. The van der Waals surface area contributed by atoms with Gasteiger partial charge >= 0.3 is 5.97 Å². The Bertz CT molecular complexity index is 864. The number of rotatable bonds is 6. The second-order valence-corrected chi connectivity index (χ2v) is 8.58. The predicted molar refractivity (Wildman–Crippen MR) is 103 cm³/mol. The van der Waals surface area contributed by atoms with Crippen molar-refractivity contribution in [2.24, 2.45) is 0 Å². The van der Waals surface area contributed by atoms with E-state index in [-0.39, 0.29) is 6.61 Å². The Hall–Kier alpha value is -1.93. The Labute approximate surface area is 164 Å². The summed E-state index contributed by atoms with van der Waals surface area (Å²) in [5, 5.41) is 0.565. The molecule has 144 valence electrons. The molecule has 0 amide bonds. The molecule has 2 aromatic carbocycles. The zero-order valence-electron chi connectivity index (χ0n) is 14.8. The third-order valence-corrected chi connectivity index (χ3v) is 6.60. The highest BCUT2D eigenvalue weighted by Crippen LogP contribution is 2.17. The maximum absolute atomic E-state index is 12.6. The molecule has 0 radical (unpaired) electrons. The molecule has 3 rings (SSSR count). The molecular formula is C19H21ClN2O4S. The van der Waals surface area contributed by atoms with Gasteiger partial charge in [0.25, 0.3) is 0 Å². The van der Waals surface area contributed by atoms with Gasteiger partial charge in [0.05, 0.1) is 10.5 Å². The molecule has 6 nitrogen and oxygen atoms in total. The lowest BCUT2D eigenvalue weighted by molar-refractivity contribution is 0.0445. The van der Waals surface area contributed by atoms with E-state index in [1.54, 1.807) is 54.6 Å². The van der Waals surface area contributed by atoms with Crippen molar-refractivity contribution in [1.82, 2.24) is 9.21 Å². The van der Waals surface area contributed by atoms with Crippen LogP contribution in [0, 0.1) is 0 Å². The van der Waals surface area contributed by atoms with Crippen LogP contribution in [0.1, 0.15) is 10.4 Å². The molecule has 0 atom stereocenters. The predicted octanol–water partition coefficient (Wildman–Crippen LogP) is 2.50. The summed E-state index contributed by atoms with van der Waals surface area (Å²) in [6.07, 6.45) is 0. The molecule has 2 aromatic rings. The molecule has 1 fully saturated rings. The van der Waals surface area contributed by atoms with Gasteiger partial charge in [0.15, 0.2) is 0 Å². The summed E-state index contributed by atoms with van der Waals surface area (Å²) in [6.45, 7) is 2.87. The third kappa shape index (κ3) is 5.07. The highest BCUT2D eigenvalue weighted by atomic mass is 35.5. The normalized spacial score (nSPS) is 16.2. The molecule has 1 saturated heterocycles. The SMILES string of the molecule is O=C(OCCN1CCN(S(=O)(=O)c2ccccc2)CC1)c1ccc(Cl)cc1. The van der Waals surface area contributed by atoms with Crippen molar-refractivity contribution in [3.05, 3.63) is 65.2 Å². The zero-order valence-corrected chi connectivity index (χ0v) is 16.3. The Kier molecular flexibility index (Phi) is 6.49. The summed E-state index contributed by atoms with van der Waals surface area (Å²) in [4.78, 5) is 14.4. The number of hydrogen-bond donors (Lipinski definition) is 0. The number of esters is 1.